The zero-order chi connectivity index (χ0) is 18.5. The van der Waals surface area contributed by atoms with Crippen LogP contribution in [0.1, 0.15) is 29.2 Å². The SMILES string of the molecule is N#Cc1ccc(CSCC(=O)N2C[C@@H](O)C[C@@H]2c2ccc(F)cc2)cc1. The van der Waals surface area contributed by atoms with Crippen LogP contribution in [0.2, 0.25) is 0 Å². The monoisotopic (exact) mass is 370 g/mol. The van der Waals surface area contributed by atoms with E-state index in [0.717, 1.165) is 11.1 Å². The van der Waals surface area contributed by atoms with Crippen molar-refractivity contribution in [3.8, 4) is 6.07 Å². The second-order valence-electron chi connectivity index (χ2n) is 6.30. The second-order valence-corrected chi connectivity index (χ2v) is 7.29. The zero-order valence-corrected chi connectivity index (χ0v) is 15.0. The molecule has 0 spiro atoms. The predicted molar refractivity (Wildman–Crippen MR) is 98.8 cm³/mol. The third kappa shape index (κ3) is 4.43. The number of hydrogen-bond acceptors (Lipinski definition) is 4. The minimum atomic E-state index is -0.558. The number of carbonyl (C=O) groups excluding carboxylic acids is 1. The molecule has 4 nitrogen and oxygen atoms in total. The van der Waals surface area contributed by atoms with Crippen LogP contribution in [0.5, 0.6) is 0 Å². The number of hydrogen-bond donors (Lipinski definition) is 1. The van der Waals surface area contributed by atoms with Gasteiger partial charge < -0.3 is 10.0 Å². The van der Waals surface area contributed by atoms with Crippen molar-refractivity contribution in [2.45, 2.75) is 24.3 Å². The number of benzene rings is 2. The smallest absolute Gasteiger partial charge is 0.233 e. The first kappa shape index (κ1) is 18.4. The molecule has 1 aliphatic heterocycles. The molecule has 0 radical (unpaired) electrons. The zero-order valence-electron chi connectivity index (χ0n) is 14.1. The summed E-state index contributed by atoms with van der Waals surface area (Å²) in [6.07, 6.45) is -0.0879. The molecule has 0 aromatic heterocycles. The Kier molecular flexibility index (Phi) is 5.92. The number of thioether (sulfide) groups is 1. The minimum absolute atomic E-state index is 0.0329. The molecule has 2 atom stereocenters. The van der Waals surface area contributed by atoms with Crippen molar-refractivity contribution in [1.82, 2.24) is 4.90 Å². The quantitative estimate of drug-likeness (QED) is 0.877. The van der Waals surface area contributed by atoms with Gasteiger partial charge in [0.25, 0.3) is 0 Å². The van der Waals surface area contributed by atoms with E-state index in [0.29, 0.717) is 30.0 Å². The lowest BCUT2D eigenvalue weighted by Crippen LogP contribution is -2.33. The molecule has 0 saturated carbocycles. The summed E-state index contributed by atoms with van der Waals surface area (Å²) < 4.78 is 13.1. The maximum absolute atomic E-state index is 13.1. The lowest BCUT2D eigenvalue weighted by atomic mass is 10.0. The van der Waals surface area contributed by atoms with E-state index in [1.165, 1.54) is 23.9 Å². The van der Waals surface area contributed by atoms with Gasteiger partial charge in [-0.25, -0.2) is 4.39 Å². The van der Waals surface area contributed by atoms with Crippen molar-refractivity contribution in [1.29, 1.82) is 5.26 Å². The number of likely N-dealkylation sites (tertiary alicyclic amines) is 1. The Morgan fingerprint density at radius 1 is 1.23 bits per heavy atom. The third-order valence-corrected chi connectivity index (χ3v) is 5.42. The van der Waals surface area contributed by atoms with Gasteiger partial charge in [-0.05, 0) is 41.8 Å². The average molecular weight is 370 g/mol. The van der Waals surface area contributed by atoms with E-state index in [1.54, 1.807) is 29.2 Å². The molecule has 1 heterocycles. The molecule has 6 heteroatoms. The molecule has 0 bridgehead atoms. The van der Waals surface area contributed by atoms with Crippen molar-refractivity contribution < 1.29 is 14.3 Å². The largest absolute Gasteiger partial charge is 0.391 e. The Bertz CT molecular complexity index is 802. The van der Waals surface area contributed by atoms with Crippen LogP contribution in [0.3, 0.4) is 0 Å². The maximum atomic E-state index is 13.1. The van der Waals surface area contributed by atoms with Crippen LogP contribution in [0.4, 0.5) is 4.39 Å². The predicted octanol–water partition coefficient (Wildman–Crippen LogP) is 3.27. The molecule has 134 valence electrons. The van der Waals surface area contributed by atoms with E-state index in [-0.39, 0.29) is 17.8 Å². The Hall–Kier alpha value is -2.36. The van der Waals surface area contributed by atoms with Gasteiger partial charge in [0.2, 0.25) is 5.91 Å². The number of β-amino-alcohol motifs (C(OH)–C–C–N with tert-alkyl or cyclic N) is 1. The van der Waals surface area contributed by atoms with E-state index in [2.05, 4.69) is 6.07 Å². The van der Waals surface area contributed by atoms with Gasteiger partial charge in [0, 0.05) is 12.3 Å². The summed E-state index contributed by atoms with van der Waals surface area (Å²) in [5.74, 6) is 0.636. The van der Waals surface area contributed by atoms with E-state index < -0.39 is 6.10 Å². The van der Waals surface area contributed by atoms with Crippen LogP contribution in [0.25, 0.3) is 0 Å². The number of carbonyl (C=O) groups is 1. The van der Waals surface area contributed by atoms with Gasteiger partial charge in [0.05, 0.1) is 29.5 Å². The van der Waals surface area contributed by atoms with Crippen LogP contribution in [0, 0.1) is 17.1 Å². The van der Waals surface area contributed by atoms with Crippen LogP contribution in [0.15, 0.2) is 48.5 Å². The van der Waals surface area contributed by atoms with Gasteiger partial charge in [-0.3, -0.25) is 4.79 Å². The molecule has 1 saturated heterocycles. The molecule has 2 aromatic carbocycles. The molecule has 1 fully saturated rings. The highest BCUT2D eigenvalue weighted by atomic mass is 32.2. The average Bonchev–Trinajstić information content (AvgIpc) is 3.04. The lowest BCUT2D eigenvalue weighted by Gasteiger charge is -2.24. The summed E-state index contributed by atoms with van der Waals surface area (Å²) in [7, 11) is 0. The van der Waals surface area contributed by atoms with Crippen molar-refractivity contribution in [3.63, 3.8) is 0 Å². The number of rotatable bonds is 5. The van der Waals surface area contributed by atoms with Gasteiger partial charge in [-0.1, -0.05) is 24.3 Å². The Labute approximate surface area is 156 Å². The van der Waals surface area contributed by atoms with Crippen molar-refractivity contribution >= 4 is 17.7 Å². The molecular formula is C20H19FN2O2S. The number of halogens is 1. The first-order valence-electron chi connectivity index (χ1n) is 8.36. The van der Waals surface area contributed by atoms with Gasteiger partial charge in [-0.15, -0.1) is 11.8 Å². The molecule has 0 unspecified atom stereocenters. The molecule has 1 aliphatic rings. The highest BCUT2D eigenvalue weighted by molar-refractivity contribution is 7.99. The highest BCUT2D eigenvalue weighted by Gasteiger charge is 2.34. The van der Waals surface area contributed by atoms with Gasteiger partial charge >= 0.3 is 0 Å². The van der Waals surface area contributed by atoms with E-state index in [4.69, 9.17) is 5.26 Å². The fourth-order valence-corrected chi connectivity index (χ4v) is 3.98. The Morgan fingerprint density at radius 3 is 2.58 bits per heavy atom. The van der Waals surface area contributed by atoms with Crippen LogP contribution < -0.4 is 0 Å². The number of nitrogens with zero attached hydrogens (tertiary/aromatic N) is 2. The van der Waals surface area contributed by atoms with Crippen molar-refractivity contribution in [2.75, 3.05) is 12.3 Å². The Morgan fingerprint density at radius 2 is 1.92 bits per heavy atom. The van der Waals surface area contributed by atoms with E-state index in [9.17, 15) is 14.3 Å². The molecule has 1 N–H and O–H groups in total. The fraction of sp³-hybridized carbons (Fsp3) is 0.300. The topological polar surface area (TPSA) is 64.3 Å². The summed E-state index contributed by atoms with van der Waals surface area (Å²) in [6.45, 7) is 0.304. The first-order valence-corrected chi connectivity index (χ1v) is 9.52. The molecule has 1 amide bonds. The van der Waals surface area contributed by atoms with Crippen molar-refractivity contribution in [2.24, 2.45) is 0 Å². The second kappa shape index (κ2) is 8.35. The highest BCUT2D eigenvalue weighted by Crippen LogP contribution is 2.33. The van der Waals surface area contributed by atoms with Gasteiger partial charge in [-0.2, -0.15) is 5.26 Å². The molecule has 2 aromatic rings. The lowest BCUT2D eigenvalue weighted by molar-refractivity contribution is -0.129. The summed E-state index contributed by atoms with van der Waals surface area (Å²) in [5, 5.41) is 18.8. The summed E-state index contributed by atoms with van der Waals surface area (Å²) in [4.78, 5) is 14.3. The van der Waals surface area contributed by atoms with E-state index >= 15 is 0 Å². The van der Waals surface area contributed by atoms with Crippen LogP contribution >= 0.6 is 11.8 Å². The van der Waals surface area contributed by atoms with Gasteiger partial charge in [0.1, 0.15) is 5.82 Å². The summed E-state index contributed by atoms with van der Waals surface area (Å²) >= 11 is 1.50. The number of aliphatic hydroxyl groups excluding tert-OH is 1. The maximum Gasteiger partial charge on any atom is 0.233 e. The van der Waals surface area contributed by atoms with Crippen LogP contribution in [-0.2, 0) is 10.5 Å². The molecular weight excluding hydrogens is 351 g/mol. The fourth-order valence-electron chi connectivity index (χ4n) is 3.10. The van der Waals surface area contributed by atoms with E-state index in [1.807, 2.05) is 12.1 Å². The molecule has 0 aliphatic carbocycles. The van der Waals surface area contributed by atoms with Gasteiger partial charge in [0.15, 0.2) is 0 Å². The number of amides is 1. The Balaban J connectivity index is 1.58. The molecule has 3 rings (SSSR count). The first-order chi connectivity index (χ1) is 12.6. The van der Waals surface area contributed by atoms with Crippen molar-refractivity contribution in [3.05, 3.63) is 71.0 Å². The summed E-state index contributed by atoms with van der Waals surface area (Å²) in [6, 6.07) is 15.3. The third-order valence-electron chi connectivity index (χ3n) is 4.43. The minimum Gasteiger partial charge on any atom is -0.391 e. The van der Waals surface area contributed by atoms with Crippen LogP contribution in [-0.4, -0.2) is 34.3 Å². The number of aliphatic hydroxyl groups is 1. The normalized spacial score (nSPS) is 19.3. The number of nitriles is 1. The summed E-state index contributed by atoms with van der Waals surface area (Å²) in [5.41, 5.74) is 2.51. The molecule has 26 heavy (non-hydrogen) atoms. The standard InChI is InChI=1S/C20H19FN2O2S/c21-17-7-5-16(6-8-17)19-9-18(24)11-23(19)20(25)13-26-12-15-3-1-14(10-22)2-4-15/h1-8,18-19,24H,9,11-13H2/t18-,19+/m0/s1.